The fourth-order valence-corrected chi connectivity index (χ4v) is 7.05. The number of aromatic nitrogens is 2. The topological polar surface area (TPSA) is 106 Å². The number of carbonyl (C=O) groups excluding carboxylic acids is 2. The van der Waals surface area contributed by atoms with Gasteiger partial charge < -0.3 is 30.2 Å². The lowest BCUT2D eigenvalue weighted by molar-refractivity contribution is -0.117. The van der Waals surface area contributed by atoms with E-state index in [2.05, 4.69) is 63.3 Å². The molecule has 2 amide bonds. The third-order valence-electron chi connectivity index (χ3n) is 10.3. The standard InChI is InChI=1S/C37H48FN7O3/c1-5-43(6-2)14-15-44-16-18-45(19-17-44)36(47)28-20-25(22-31(38)33(28)42-35(46)32-11-9-13-39-32)26-21-27-29(24-41-34(27)40-23-26)30-10-7-8-12-37(30,3)48-4/h7-8,10,20-24,32,39H,5-6,9,11-19H2,1-4H3,(H,40,41)(H,42,46)/t32-,37?/m0/s1. The maximum atomic E-state index is 16.2. The number of benzene rings is 1. The van der Waals surface area contributed by atoms with Crippen molar-refractivity contribution >= 4 is 34.1 Å². The van der Waals surface area contributed by atoms with E-state index in [1.54, 1.807) is 24.3 Å². The van der Waals surface area contributed by atoms with Crippen LogP contribution in [-0.2, 0) is 9.53 Å². The zero-order chi connectivity index (χ0) is 33.8. The minimum absolute atomic E-state index is 0.0715. The Morgan fingerprint density at radius 2 is 1.94 bits per heavy atom. The van der Waals surface area contributed by atoms with Crippen LogP contribution in [0, 0.1) is 5.82 Å². The summed E-state index contributed by atoms with van der Waals surface area (Å²) in [7, 11) is 1.71. The molecule has 0 spiro atoms. The fourth-order valence-electron chi connectivity index (χ4n) is 7.05. The van der Waals surface area contributed by atoms with Crippen LogP contribution in [0.4, 0.5) is 10.1 Å². The van der Waals surface area contributed by atoms with Gasteiger partial charge >= 0.3 is 0 Å². The van der Waals surface area contributed by atoms with Crippen molar-refractivity contribution in [3.05, 3.63) is 65.8 Å². The molecule has 0 radical (unpaired) electrons. The second-order valence-electron chi connectivity index (χ2n) is 13.1. The lowest BCUT2D eigenvalue weighted by atomic mass is 9.83. The number of methoxy groups -OCH3 is 1. The van der Waals surface area contributed by atoms with Gasteiger partial charge in [-0.15, -0.1) is 0 Å². The van der Waals surface area contributed by atoms with Crippen LogP contribution in [0.5, 0.6) is 0 Å². The third kappa shape index (κ3) is 6.96. The van der Waals surface area contributed by atoms with Gasteiger partial charge in [-0.25, -0.2) is 9.37 Å². The molecule has 1 aromatic carbocycles. The molecular weight excluding hydrogens is 609 g/mol. The normalized spacial score (nSPS) is 21.7. The lowest BCUT2D eigenvalue weighted by Gasteiger charge is -2.36. The Morgan fingerprint density at radius 3 is 2.65 bits per heavy atom. The first kappa shape index (κ1) is 34.0. The summed E-state index contributed by atoms with van der Waals surface area (Å²) in [5.41, 5.74) is 3.43. The van der Waals surface area contributed by atoms with Crippen LogP contribution in [-0.4, -0.2) is 114 Å². The fraction of sp³-hybridized carbons (Fsp3) is 0.486. The number of H-pyrrole nitrogens is 1. The van der Waals surface area contributed by atoms with Gasteiger partial charge in [-0.05, 0) is 75.2 Å². The summed E-state index contributed by atoms with van der Waals surface area (Å²) in [5, 5.41) is 6.82. The Kier molecular flexibility index (Phi) is 10.4. The average Bonchev–Trinajstić information content (AvgIpc) is 3.80. The largest absolute Gasteiger partial charge is 0.373 e. The van der Waals surface area contributed by atoms with Crippen molar-refractivity contribution in [2.45, 2.75) is 51.7 Å². The van der Waals surface area contributed by atoms with Crippen molar-refractivity contribution in [2.75, 3.05) is 71.3 Å². The molecule has 1 unspecified atom stereocenters. The van der Waals surface area contributed by atoms with Gasteiger partial charge in [-0.3, -0.25) is 14.5 Å². The van der Waals surface area contributed by atoms with Gasteiger partial charge in [0.25, 0.3) is 5.91 Å². The summed E-state index contributed by atoms with van der Waals surface area (Å²) >= 11 is 0. The number of hydrogen-bond donors (Lipinski definition) is 3. The number of aromatic amines is 1. The first-order valence-electron chi connectivity index (χ1n) is 17.3. The van der Waals surface area contributed by atoms with Crippen molar-refractivity contribution in [3.63, 3.8) is 0 Å². The summed E-state index contributed by atoms with van der Waals surface area (Å²) in [6.45, 7) is 13.6. The van der Waals surface area contributed by atoms with Gasteiger partial charge in [0.05, 0.1) is 22.9 Å². The predicted molar refractivity (Wildman–Crippen MR) is 188 cm³/mol. The maximum Gasteiger partial charge on any atom is 0.256 e. The molecule has 256 valence electrons. The van der Waals surface area contributed by atoms with Gasteiger partial charge in [0.1, 0.15) is 11.5 Å². The number of hydrogen-bond acceptors (Lipinski definition) is 7. The number of carbonyl (C=O) groups is 2. The molecule has 2 atom stereocenters. The zero-order valence-corrected chi connectivity index (χ0v) is 28.6. The van der Waals surface area contributed by atoms with E-state index < -0.39 is 17.5 Å². The van der Waals surface area contributed by atoms with Gasteiger partial charge in [0, 0.05) is 75.3 Å². The second kappa shape index (κ2) is 14.7. The predicted octanol–water partition coefficient (Wildman–Crippen LogP) is 4.91. The molecule has 6 rings (SSSR count). The van der Waals surface area contributed by atoms with Crippen molar-refractivity contribution in [3.8, 4) is 11.1 Å². The Labute approximate surface area is 282 Å². The van der Waals surface area contributed by atoms with E-state index in [0.29, 0.717) is 36.3 Å². The Balaban J connectivity index is 1.32. The summed E-state index contributed by atoms with van der Waals surface area (Å²) in [6.07, 6.45) is 12.1. The smallest absolute Gasteiger partial charge is 0.256 e. The Hall–Kier alpha value is -3.90. The first-order chi connectivity index (χ1) is 23.2. The van der Waals surface area contributed by atoms with E-state index in [-0.39, 0.29) is 23.1 Å². The number of nitrogens with one attached hydrogen (secondary N) is 3. The number of rotatable bonds is 11. The van der Waals surface area contributed by atoms with Crippen LogP contribution < -0.4 is 10.6 Å². The molecule has 0 bridgehead atoms. The van der Waals surface area contributed by atoms with Gasteiger partial charge in [0.15, 0.2) is 0 Å². The summed E-state index contributed by atoms with van der Waals surface area (Å²) in [4.78, 5) is 41.8. The molecule has 2 saturated heterocycles. The zero-order valence-electron chi connectivity index (χ0n) is 28.6. The summed E-state index contributed by atoms with van der Waals surface area (Å²) in [5.74, 6) is -1.27. The Bertz CT molecular complexity index is 1700. The monoisotopic (exact) mass is 657 g/mol. The number of nitrogens with zero attached hydrogens (tertiary/aromatic N) is 4. The van der Waals surface area contributed by atoms with Gasteiger partial charge in [-0.1, -0.05) is 32.1 Å². The van der Waals surface area contributed by atoms with E-state index in [9.17, 15) is 9.59 Å². The molecule has 3 aromatic rings. The minimum atomic E-state index is -0.651. The molecule has 3 N–H and O–H groups in total. The number of halogens is 1. The number of anilines is 1. The third-order valence-corrected chi connectivity index (χ3v) is 10.3. The highest BCUT2D eigenvalue weighted by atomic mass is 19.1. The maximum absolute atomic E-state index is 16.2. The molecule has 2 aromatic heterocycles. The van der Waals surface area contributed by atoms with Crippen LogP contribution in [0.25, 0.3) is 27.7 Å². The second-order valence-corrected chi connectivity index (χ2v) is 13.1. The van der Waals surface area contributed by atoms with E-state index in [0.717, 1.165) is 75.2 Å². The van der Waals surface area contributed by atoms with Crippen molar-refractivity contribution in [1.82, 2.24) is 30.0 Å². The summed E-state index contributed by atoms with van der Waals surface area (Å²) in [6, 6.07) is 4.65. The molecule has 2 fully saturated rings. The molecule has 4 heterocycles. The molecule has 3 aliphatic rings. The lowest BCUT2D eigenvalue weighted by Crippen LogP contribution is -2.50. The first-order valence-corrected chi connectivity index (χ1v) is 17.3. The average molecular weight is 658 g/mol. The number of fused-ring (bicyclic) bond motifs is 1. The van der Waals surface area contributed by atoms with Crippen LogP contribution in [0.1, 0.15) is 56.0 Å². The summed E-state index contributed by atoms with van der Waals surface area (Å²) < 4.78 is 22.1. The van der Waals surface area contributed by atoms with Crippen LogP contribution >= 0.6 is 0 Å². The number of allylic oxidation sites excluding steroid dienone is 2. The number of pyridine rings is 1. The quantitative estimate of drug-likeness (QED) is 0.269. The van der Waals surface area contributed by atoms with Crippen molar-refractivity contribution in [1.29, 1.82) is 0 Å². The van der Waals surface area contributed by atoms with Crippen LogP contribution in [0.15, 0.2) is 48.8 Å². The molecular formula is C37H48FN7O3. The van der Waals surface area contributed by atoms with Gasteiger partial charge in [-0.2, -0.15) is 0 Å². The number of likely N-dealkylation sites (N-methyl/N-ethyl adjacent to an activating group) is 1. The van der Waals surface area contributed by atoms with Crippen molar-refractivity contribution < 1.29 is 18.7 Å². The SMILES string of the molecule is CCN(CC)CCN1CCN(C(=O)c2cc(-c3cnc4[nH]cc(C5=CC=CCC5(C)OC)c4c3)cc(F)c2NC(=O)[C@@H]2CCCN2)CC1. The molecule has 10 nitrogen and oxygen atoms in total. The number of ether oxygens (including phenoxy) is 1. The highest BCUT2D eigenvalue weighted by Crippen LogP contribution is 2.40. The number of piperazine rings is 1. The minimum Gasteiger partial charge on any atom is -0.373 e. The molecule has 0 saturated carbocycles. The highest BCUT2D eigenvalue weighted by Gasteiger charge is 2.32. The molecule has 11 heteroatoms. The van der Waals surface area contributed by atoms with E-state index in [1.165, 1.54) is 6.07 Å². The number of amides is 2. The van der Waals surface area contributed by atoms with Crippen LogP contribution in [0.2, 0.25) is 0 Å². The van der Waals surface area contributed by atoms with E-state index >= 15 is 4.39 Å². The molecule has 48 heavy (non-hydrogen) atoms. The van der Waals surface area contributed by atoms with E-state index in [1.807, 2.05) is 18.3 Å². The molecule has 1 aliphatic carbocycles. The van der Waals surface area contributed by atoms with Gasteiger partial charge in [0.2, 0.25) is 5.91 Å². The highest BCUT2D eigenvalue weighted by molar-refractivity contribution is 6.06. The van der Waals surface area contributed by atoms with E-state index in [4.69, 9.17) is 4.74 Å². The van der Waals surface area contributed by atoms with Crippen molar-refractivity contribution in [2.24, 2.45) is 0 Å². The van der Waals surface area contributed by atoms with Crippen LogP contribution in [0.3, 0.4) is 0 Å². The molecule has 2 aliphatic heterocycles. The Morgan fingerprint density at radius 1 is 1.15 bits per heavy atom.